The predicted molar refractivity (Wildman–Crippen MR) is 85.3 cm³/mol. The molecule has 116 valence electrons. The molecule has 2 aliphatic rings. The molecule has 1 aliphatic carbocycles. The molecule has 0 aromatic carbocycles. The molecule has 1 aromatic rings. The molecule has 2 fully saturated rings. The number of nitrogens with zero attached hydrogens (tertiary/aromatic N) is 2. The van der Waals surface area contributed by atoms with Gasteiger partial charge < -0.3 is 15.2 Å². The average molecular weight is 289 g/mol. The maximum atomic E-state index is 12.8. The summed E-state index contributed by atoms with van der Waals surface area (Å²) >= 11 is 0. The Balaban J connectivity index is 1.72. The van der Waals surface area contributed by atoms with Crippen LogP contribution in [0.25, 0.3) is 0 Å². The van der Waals surface area contributed by atoms with Crippen molar-refractivity contribution in [3.63, 3.8) is 0 Å². The SMILES string of the molecule is CCC1(CC)CCN(C(=O)c2cc(N)cn2C2CC2)CC1. The van der Waals surface area contributed by atoms with E-state index < -0.39 is 0 Å². The van der Waals surface area contributed by atoms with Crippen LogP contribution >= 0.6 is 0 Å². The van der Waals surface area contributed by atoms with E-state index in [1.54, 1.807) is 0 Å². The molecule has 0 radical (unpaired) electrons. The van der Waals surface area contributed by atoms with Gasteiger partial charge in [-0.3, -0.25) is 4.79 Å². The quantitative estimate of drug-likeness (QED) is 0.923. The smallest absolute Gasteiger partial charge is 0.270 e. The highest BCUT2D eigenvalue weighted by Gasteiger charge is 2.35. The zero-order valence-electron chi connectivity index (χ0n) is 13.3. The van der Waals surface area contributed by atoms with Crippen LogP contribution in [0.4, 0.5) is 5.69 Å². The number of nitrogen functional groups attached to an aromatic ring is 1. The molecule has 1 aromatic heterocycles. The highest BCUT2D eigenvalue weighted by Crippen LogP contribution is 2.40. The zero-order valence-corrected chi connectivity index (χ0v) is 13.3. The topological polar surface area (TPSA) is 51.3 Å². The normalized spacial score (nSPS) is 21.5. The first kappa shape index (κ1) is 14.5. The van der Waals surface area contributed by atoms with Crippen molar-refractivity contribution in [3.05, 3.63) is 18.0 Å². The number of likely N-dealkylation sites (tertiary alicyclic amines) is 1. The lowest BCUT2D eigenvalue weighted by Crippen LogP contribution is -2.43. The molecular formula is C17H27N3O. The monoisotopic (exact) mass is 289 g/mol. The zero-order chi connectivity index (χ0) is 15.0. The van der Waals surface area contributed by atoms with Crippen molar-refractivity contribution < 1.29 is 4.79 Å². The molecule has 2 heterocycles. The second-order valence-electron chi connectivity index (χ2n) is 6.80. The molecule has 1 saturated heterocycles. The first-order chi connectivity index (χ1) is 10.1. The van der Waals surface area contributed by atoms with Gasteiger partial charge in [0.25, 0.3) is 5.91 Å². The van der Waals surface area contributed by atoms with Crippen LogP contribution in [0, 0.1) is 5.41 Å². The van der Waals surface area contributed by atoms with Gasteiger partial charge >= 0.3 is 0 Å². The Labute approximate surface area is 127 Å². The van der Waals surface area contributed by atoms with Crippen molar-refractivity contribution in [2.45, 2.75) is 58.4 Å². The molecular weight excluding hydrogens is 262 g/mol. The fraction of sp³-hybridized carbons (Fsp3) is 0.706. The fourth-order valence-electron chi connectivity index (χ4n) is 3.63. The third kappa shape index (κ3) is 2.68. The van der Waals surface area contributed by atoms with Crippen molar-refractivity contribution in [2.24, 2.45) is 5.41 Å². The summed E-state index contributed by atoms with van der Waals surface area (Å²) in [6.45, 7) is 6.33. The minimum absolute atomic E-state index is 0.166. The van der Waals surface area contributed by atoms with E-state index in [2.05, 4.69) is 18.4 Å². The van der Waals surface area contributed by atoms with Crippen molar-refractivity contribution in [1.82, 2.24) is 9.47 Å². The van der Waals surface area contributed by atoms with Crippen LogP contribution in [0.1, 0.15) is 68.9 Å². The van der Waals surface area contributed by atoms with Gasteiger partial charge in [0.2, 0.25) is 0 Å². The van der Waals surface area contributed by atoms with Crippen molar-refractivity contribution in [2.75, 3.05) is 18.8 Å². The Morgan fingerprint density at radius 1 is 1.29 bits per heavy atom. The molecule has 1 aliphatic heterocycles. The molecule has 0 unspecified atom stereocenters. The summed E-state index contributed by atoms with van der Waals surface area (Å²) in [6.07, 6.45) is 8.97. The van der Waals surface area contributed by atoms with Crippen LogP contribution < -0.4 is 5.73 Å². The van der Waals surface area contributed by atoms with E-state index in [0.717, 1.165) is 31.6 Å². The molecule has 0 bridgehead atoms. The number of carbonyl (C=O) groups excluding carboxylic acids is 1. The Bertz CT molecular complexity index is 516. The van der Waals surface area contributed by atoms with Crippen LogP contribution in [0.3, 0.4) is 0 Å². The van der Waals surface area contributed by atoms with Gasteiger partial charge in [-0.2, -0.15) is 0 Å². The number of carbonyl (C=O) groups is 1. The average Bonchev–Trinajstić information content (AvgIpc) is 3.29. The van der Waals surface area contributed by atoms with Crippen LogP contribution in [-0.2, 0) is 0 Å². The highest BCUT2D eigenvalue weighted by molar-refractivity contribution is 5.94. The number of anilines is 1. The van der Waals surface area contributed by atoms with Crippen LogP contribution in [0.5, 0.6) is 0 Å². The Morgan fingerprint density at radius 2 is 1.90 bits per heavy atom. The second kappa shape index (κ2) is 5.39. The molecule has 1 amide bonds. The van der Waals surface area contributed by atoms with Gasteiger partial charge in [-0.25, -0.2) is 0 Å². The van der Waals surface area contributed by atoms with Gasteiger partial charge in [-0.05, 0) is 37.2 Å². The third-order valence-electron chi connectivity index (χ3n) is 5.64. The third-order valence-corrected chi connectivity index (χ3v) is 5.64. The molecule has 3 rings (SSSR count). The number of rotatable bonds is 4. The number of hydrogen-bond donors (Lipinski definition) is 1. The molecule has 21 heavy (non-hydrogen) atoms. The first-order valence-electron chi connectivity index (χ1n) is 8.35. The molecule has 4 heteroatoms. The van der Waals surface area contributed by atoms with E-state index in [9.17, 15) is 4.79 Å². The van der Waals surface area contributed by atoms with Gasteiger partial charge in [0.05, 0.1) is 5.69 Å². The van der Waals surface area contributed by atoms with E-state index in [1.165, 1.54) is 25.7 Å². The Kier molecular flexibility index (Phi) is 3.72. The Morgan fingerprint density at radius 3 is 2.43 bits per heavy atom. The Hall–Kier alpha value is -1.45. The van der Waals surface area contributed by atoms with Crippen molar-refractivity contribution >= 4 is 11.6 Å². The van der Waals surface area contributed by atoms with Crippen LogP contribution in [-0.4, -0.2) is 28.5 Å². The van der Waals surface area contributed by atoms with Crippen LogP contribution in [0.15, 0.2) is 12.3 Å². The summed E-state index contributed by atoms with van der Waals surface area (Å²) in [4.78, 5) is 14.8. The number of nitrogens with two attached hydrogens (primary N) is 1. The minimum atomic E-state index is 0.166. The van der Waals surface area contributed by atoms with Gasteiger partial charge in [0.15, 0.2) is 0 Å². The number of amides is 1. The largest absolute Gasteiger partial charge is 0.397 e. The highest BCUT2D eigenvalue weighted by atomic mass is 16.2. The van der Waals surface area contributed by atoms with Crippen molar-refractivity contribution in [3.8, 4) is 0 Å². The van der Waals surface area contributed by atoms with Crippen LogP contribution in [0.2, 0.25) is 0 Å². The van der Waals surface area contributed by atoms with E-state index in [-0.39, 0.29) is 5.91 Å². The lowest BCUT2D eigenvalue weighted by Gasteiger charge is -2.41. The number of hydrogen-bond acceptors (Lipinski definition) is 2. The molecule has 0 atom stereocenters. The lowest BCUT2D eigenvalue weighted by atomic mass is 9.74. The van der Waals surface area contributed by atoms with E-state index in [1.807, 2.05) is 17.2 Å². The maximum absolute atomic E-state index is 12.8. The summed E-state index contributed by atoms with van der Waals surface area (Å²) in [6, 6.07) is 2.35. The fourth-order valence-corrected chi connectivity index (χ4v) is 3.63. The summed E-state index contributed by atoms with van der Waals surface area (Å²) in [7, 11) is 0. The standard InChI is InChI=1S/C17H27N3O/c1-3-17(4-2)7-9-19(10-8-17)16(21)15-11-13(18)12-20(15)14-5-6-14/h11-12,14H,3-10,18H2,1-2H3. The summed E-state index contributed by atoms with van der Waals surface area (Å²) in [5.41, 5.74) is 7.85. The van der Waals surface area contributed by atoms with Gasteiger partial charge in [0, 0.05) is 25.3 Å². The number of piperidine rings is 1. The molecule has 1 saturated carbocycles. The van der Waals surface area contributed by atoms with E-state index in [4.69, 9.17) is 5.73 Å². The lowest BCUT2D eigenvalue weighted by molar-refractivity contribution is 0.0547. The summed E-state index contributed by atoms with van der Waals surface area (Å²) < 4.78 is 2.10. The predicted octanol–water partition coefficient (Wildman–Crippen LogP) is 3.45. The molecule has 4 nitrogen and oxygen atoms in total. The first-order valence-corrected chi connectivity index (χ1v) is 8.35. The minimum Gasteiger partial charge on any atom is -0.397 e. The van der Waals surface area contributed by atoms with Gasteiger partial charge in [-0.15, -0.1) is 0 Å². The maximum Gasteiger partial charge on any atom is 0.270 e. The van der Waals surface area contributed by atoms with Crippen molar-refractivity contribution in [1.29, 1.82) is 0 Å². The van der Waals surface area contributed by atoms with E-state index in [0.29, 0.717) is 17.1 Å². The molecule has 2 N–H and O–H groups in total. The molecule has 0 spiro atoms. The van der Waals surface area contributed by atoms with Gasteiger partial charge in [-0.1, -0.05) is 26.7 Å². The summed E-state index contributed by atoms with van der Waals surface area (Å²) in [5, 5.41) is 0. The van der Waals surface area contributed by atoms with Gasteiger partial charge in [0.1, 0.15) is 5.69 Å². The second-order valence-corrected chi connectivity index (χ2v) is 6.80. The summed E-state index contributed by atoms with van der Waals surface area (Å²) in [5.74, 6) is 0.166. The number of aromatic nitrogens is 1. The van der Waals surface area contributed by atoms with E-state index >= 15 is 0 Å².